The summed E-state index contributed by atoms with van der Waals surface area (Å²) in [5.74, 6) is 0.119. The second-order valence-corrected chi connectivity index (χ2v) is 5.18. The van der Waals surface area contributed by atoms with Gasteiger partial charge in [-0.25, -0.2) is 4.98 Å². The molecular weight excluding hydrogens is 186 g/mol. The summed E-state index contributed by atoms with van der Waals surface area (Å²) in [6.45, 7) is 10.1. The summed E-state index contributed by atoms with van der Waals surface area (Å²) in [7, 11) is 0. The highest BCUT2D eigenvalue weighted by Crippen LogP contribution is 2.20. The molecule has 1 aromatic heterocycles. The fourth-order valence-electron chi connectivity index (χ4n) is 1.29. The Kier molecular flexibility index (Phi) is 3.28. The Labute approximate surface area is 91.7 Å². The maximum atomic E-state index is 11.8. The lowest BCUT2D eigenvalue weighted by Crippen LogP contribution is -2.17. The van der Waals surface area contributed by atoms with Gasteiger partial charge in [-0.1, -0.05) is 40.7 Å². The number of carbonyl (C=O) groups is 1. The lowest BCUT2D eigenvalue weighted by Gasteiger charge is -2.18. The number of ketones is 1. The van der Waals surface area contributed by atoms with Crippen molar-refractivity contribution in [3.05, 3.63) is 29.6 Å². The molecule has 0 spiro atoms. The first-order chi connectivity index (χ1) is 6.82. The molecule has 0 aliphatic heterocycles. The molecule has 0 N–H and O–H groups in total. The molecular formula is C13H19NO. The van der Waals surface area contributed by atoms with Gasteiger partial charge in [-0.2, -0.15) is 0 Å². The Bertz CT molecular complexity index is 361. The summed E-state index contributed by atoms with van der Waals surface area (Å²) in [6.07, 6.45) is 0. The number of pyridine rings is 1. The van der Waals surface area contributed by atoms with E-state index >= 15 is 0 Å². The van der Waals surface area contributed by atoms with E-state index in [1.54, 1.807) is 6.07 Å². The summed E-state index contributed by atoms with van der Waals surface area (Å²) >= 11 is 0. The highest BCUT2D eigenvalue weighted by atomic mass is 16.1. The second-order valence-electron chi connectivity index (χ2n) is 5.18. The molecule has 0 aliphatic rings. The van der Waals surface area contributed by atoms with Crippen LogP contribution >= 0.6 is 0 Å². The minimum Gasteiger partial charge on any atom is -0.292 e. The number of carbonyl (C=O) groups excluding carboxylic acids is 1. The largest absolute Gasteiger partial charge is 0.292 e. The van der Waals surface area contributed by atoms with Crippen LogP contribution in [0.5, 0.6) is 0 Å². The number of hydrogen-bond acceptors (Lipinski definition) is 2. The third-order valence-corrected chi connectivity index (χ3v) is 2.29. The van der Waals surface area contributed by atoms with Crippen molar-refractivity contribution in [1.82, 2.24) is 4.98 Å². The van der Waals surface area contributed by atoms with Crippen molar-refractivity contribution in [3.8, 4) is 0 Å². The zero-order chi connectivity index (χ0) is 11.6. The first-order valence-electron chi connectivity index (χ1n) is 5.34. The fraction of sp³-hybridized carbons (Fsp3) is 0.538. The molecule has 0 saturated heterocycles. The summed E-state index contributed by atoms with van der Waals surface area (Å²) in [5, 5.41) is 0. The van der Waals surface area contributed by atoms with E-state index in [9.17, 15) is 4.79 Å². The van der Waals surface area contributed by atoms with Gasteiger partial charge >= 0.3 is 0 Å². The van der Waals surface area contributed by atoms with Gasteiger partial charge in [0, 0.05) is 17.0 Å². The Morgan fingerprint density at radius 3 is 2.33 bits per heavy atom. The first kappa shape index (κ1) is 11.9. The van der Waals surface area contributed by atoms with E-state index in [2.05, 4.69) is 25.8 Å². The van der Waals surface area contributed by atoms with Crippen LogP contribution in [0.2, 0.25) is 0 Å². The molecule has 0 bridgehead atoms. The quantitative estimate of drug-likeness (QED) is 0.694. The van der Waals surface area contributed by atoms with E-state index in [1.807, 2.05) is 26.0 Å². The van der Waals surface area contributed by atoms with Crippen LogP contribution in [0.1, 0.15) is 50.8 Å². The summed E-state index contributed by atoms with van der Waals surface area (Å²) in [6, 6.07) is 5.66. The topological polar surface area (TPSA) is 30.0 Å². The summed E-state index contributed by atoms with van der Waals surface area (Å²) in [5.41, 5.74) is 1.54. The van der Waals surface area contributed by atoms with Gasteiger partial charge in [-0.3, -0.25) is 4.79 Å². The molecule has 0 unspecified atom stereocenters. The molecule has 2 nitrogen and oxygen atoms in total. The predicted octanol–water partition coefficient (Wildman–Crippen LogP) is 3.22. The molecule has 0 atom stereocenters. The predicted molar refractivity (Wildman–Crippen MR) is 62.1 cm³/mol. The van der Waals surface area contributed by atoms with E-state index in [1.165, 1.54) is 0 Å². The molecule has 1 aromatic rings. The SMILES string of the molecule is CC(C)C(=O)c1cccc(C(C)(C)C)n1. The minimum atomic E-state index is -0.00668. The molecule has 82 valence electrons. The van der Waals surface area contributed by atoms with Gasteiger partial charge in [-0.15, -0.1) is 0 Å². The zero-order valence-electron chi connectivity index (χ0n) is 10.2. The molecule has 2 heteroatoms. The summed E-state index contributed by atoms with van der Waals surface area (Å²) < 4.78 is 0. The normalized spacial score (nSPS) is 11.9. The first-order valence-corrected chi connectivity index (χ1v) is 5.34. The molecule has 0 amide bonds. The van der Waals surface area contributed by atoms with E-state index in [4.69, 9.17) is 0 Å². The van der Waals surface area contributed by atoms with Crippen molar-refractivity contribution >= 4 is 5.78 Å². The van der Waals surface area contributed by atoms with Crippen LogP contribution in [-0.2, 0) is 5.41 Å². The molecule has 0 saturated carbocycles. The van der Waals surface area contributed by atoms with Gasteiger partial charge < -0.3 is 0 Å². The van der Waals surface area contributed by atoms with Crippen LogP contribution in [0, 0.1) is 5.92 Å². The lowest BCUT2D eigenvalue weighted by atomic mass is 9.91. The van der Waals surface area contributed by atoms with E-state index < -0.39 is 0 Å². The lowest BCUT2D eigenvalue weighted by molar-refractivity contribution is 0.0934. The molecule has 0 aliphatic carbocycles. The molecule has 0 radical (unpaired) electrons. The second kappa shape index (κ2) is 4.13. The maximum Gasteiger partial charge on any atom is 0.183 e. The van der Waals surface area contributed by atoms with Crippen molar-refractivity contribution < 1.29 is 4.79 Å². The Balaban J connectivity index is 3.09. The maximum absolute atomic E-state index is 11.8. The Hall–Kier alpha value is -1.18. The molecule has 0 aromatic carbocycles. The van der Waals surface area contributed by atoms with Crippen molar-refractivity contribution in [2.24, 2.45) is 5.92 Å². The Morgan fingerprint density at radius 1 is 1.27 bits per heavy atom. The van der Waals surface area contributed by atoms with Gasteiger partial charge in [0.05, 0.1) is 0 Å². The number of rotatable bonds is 2. The van der Waals surface area contributed by atoms with Gasteiger partial charge in [-0.05, 0) is 12.1 Å². The molecule has 0 fully saturated rings. The van der Waals surface area contributed by atoms with E-state index in [0.29, 0.717) is 5.69 Å². The highest BCUT2D eigenvalue weighted by molar-refractivity contribution is 5.95. The van der Waals surface area contributed by atoms with Crippen LogP contribution in [-0.4, -0.2) is 10.8 Å². The van der Waals surface area contributed by atoms with Gasteiger partial charge in [0.25, 0.3) is 0 Å². The standard InChI is InChI=1S/C13H19NO/c1-9(2)12(15)10-7-6-8-11(14-10)13(3,4)5/h6-9H,1-5H3. The van der Waals surface area contributed by atoms with Crippen molar-refractivity contribution in [1.29, 1.82) is 0 Å². The van der Waals surface area contributed by atoms with Crippen LogP contribution < -0.4 is 0 Å². The Morgan fingerprint density at radius 2 is 1.87 bits per heavy atom. The summed E-state index contributed by atoms with van der Waals surface area (Å²) in [4.78, 5) is 16.2. The minimum absolute atomic E-state index is 0.00668. The van der Waals surface area contributed by atoms with Crippen LogP contribution in [0.3, 0.4) is 0 Å². The third-order valence-electron chi connectivity index (χ3n) is 2.29. The number of nitrogens with zero attached hydrogens (tertiary/aromatic N) is 1. The van der Waals surface area contributed by atoms with Crippen LogP contribution in [0.25, 0.3) is 0 Å². The smallest absolute Gasteiger partial charge is 0.183 e. The van der Waals surface area contributed by atoms with Crippen molar-refractivity contribution in [2.75, 3.05) is 0 Å². The van der Waals surface area contributed by atoms with E-state index in [0.717, 1.165) is 5.69 Å². The number of Topliss-reactive ketones (excluding diaryl/α,β-unsaturated/α-hetero) is 1. The van der Waals surface area contributed by atoms with Gasteiger partial charge in [0.15, 0.2) is 5.78 Å². The van der Waals surface area contributed by atoms with E-state index in [-0.39, 0.29) is 17.1 Å². The van der Waals surface area contributed by atoms with Crippen LogP contribution in [0.15, 0.2) is 18.2 Å². The van der Waals surface area contributed by atoms with Crippen LogP contribution in [0.4, 0.5) is 0 Å². The molecule has 1 rings (SSSR count). The average Bonchev–Trinajstić information content (AvgIpc) is 2.15. The van der Waals surface area contributed by atoms with Gasteiger partial charge in [0.1, 0.15) is 5.69 Å². The average molecular weight is 205 g/mol. The number of aromatic nitrogens is 1. The fourth-order valence-corrected chi connectivity index (χ4v) is 1.29. The molecule has 15 heavy (non-hydrogen) atoms. The molecule has 1 heterocycles. The monoisotopic (exact) mass is 205 g/mol. The van der Waals surface area contributed by atoms with Gasteiger partial charge in [0.2, 0.25) is 0 Å². The highest BCUT2D eigenvalue weighted by Gasteiger charge is 2.18. The number of hydrogen-bond donors (Lipinski definition) is 0. The zero-order valence-corrected chi connectivity index (χ0v) is 10.2. The van der Waals surface area contributed by atoms with Crippen molar-refractivity contribution in [3.63, 3.8) is 0 Å². The third kappa shape index (κ3) is 2.88. The van der Waals surface area contributed by atoms with Crippen molar-refractivity contribution in [2.45, 2.75) is 40.0 Å².